The summed E-state index contributed by atoms with van der Waals surface area (Å²) in [5.74, 6) is -1.17. The highest BCUT2D eigenvalue weighted by atomic mass is 32.2. The van der Waals surface area contributed by atoms with Crippen molar-refractivity contribution in [2.45, 2.75) is 30.8 Å². The van der Waals surface area contributed by atoms with Crippen LogP contribution in [0.25, 0.3) is 0 Å². The third-order valence-electron chi connectivity index (χ3n) is 3.92. The molecule has 9 nitrogen and oxygen atoms in total. The summed E-state index contributed by atoms with van der Waals surface area (Å²) in [6.07, 6.45) is 1.32. The number of imidazole rings is 1. The number of rotatable bonds is 9. The molecule has 27 heavy (non-hydrogen) atoms. The first-order valence-electron chi connectivity index (χ1n) is 8.25. The lowest BCUT2D eigenvalue weighted by Crippen LogP contribution is -2.43. The van der Waals surface area contributed by atoms with Crippen molar-refractivity contribution in [2.75, 3.05) is 6.54 Å². The number of carbonyl (C=O) groups is 2. The third kappa shape index (κ3) is 5.90. The van der Waals surface area contributed by atoms with Gasteiger partial charge >= 0.3 is 5.97 Å². The molecule has 0 saturated heterocycles. The van der Waals surface area contributed by atoms with Crippen molar-refractivity contribution in [1.82, 2.24) is 19.6 Å². The summed E-state index contributed by atoms with van der Waals surface area (Å²) in [5, 5.41) is 11.6. The molecule has 0 unspecified atom stereocenters. The number of sulfonamides is 1. The number of benzene rings is 1. The minimum Gasteiger partial charge on any atom is -0.480 e. The lowest BCUT2D eigenvalue weighted by Gasteiger charge is -2.14. The Morgan fingerprint density at radius 1 is 1.26 bits per heavy atom. The number of hydrogen-bond donors (Lipinski definition) is 3. The van der Waals surface area contributed by atoms with Crippen LogP contribution in [-0.4, -0.2) is 47.5 Å². The minimum atomic E-state index is -3.83. The SMILES string of the molecule is Cc1nc(S(=O)(=O)NCCC(=O)N[C@H](Cc2ccccc2)C(=O)O)cn1C. The molecule has 0 saturated carbocycles. The molecule has 0 radical (unpaired) electrons. The van der Waals surface area contributed by atoms with Gasteiger partial charge in [-0.25, -0.2) is 22.9 Å². The van der Waals surface area contributed by atoms with Crippen LogP contribution in [0.4, 0.5) is 0 Å². The van der Waals surface area contributed by atoms with E-state index in [0.29, 0.717) is 5.82 Å². The van der Waals surface area contributed by atoms with E-state index < -0.39 is 27.9 Å². The van der Waals surface area contributed by atoms with Crippen molar-refractivity contribution in [3.05, 3.63) is 47.9 Å². The van der Waals surface area contributed by atoms with E-state index in [2.05, 4.69) is 15.0 Å². The summed E-state index contributed by atoms with van der Waals surface area (Å²) in [4.78, 5) is 27.3. The molecule has 1 aromatic heterocycles. The van der Waals surface area contributed by atoms with Gasteiger partial charge in [0.1, 0.15) is 11.9 Å². The smallest absolute Gasteiger partial charge is 0.326 e. The topological polar surface area (TPSA) is 130 Å². The second-order valence-electron chi connectivity index (χ2n) is 6.03. The van der Waals surface area contributed by atoms with E-state index in [1.807, 2.05) is 6.07 Å². The zero-order valence-corrected chi connectivity index (χ0v) is 15.9. The molecule has 0 fully saturated rings. The van der Waals surface area contributed by atoms with Crippen molar-refractivity contribution >= 4 is 21.9 Å². The summed E-state index contributed by atoms with van der Waals surface area (Å²) < 4.78 is 28.1. The molecule has 1 heterocycles. The number of aryl methyl sites for hydroxylation is 2. The summed E-state index contributed by atoms with van der Waals surface area (Å²) in [6, 6.07) is 7.83. The van der Waals surface area contributed by atoms with E-state index in [-0.39, 0.29) is 24.4 Å². The maximum atomic E-state index is 12.1. The predicted molar refractivity (Wildman–Crippen MR) is 97.5 cm³/mol. The number of aliphatic carboxylic acids is 1. The van der Waals surface area contributed by atoms with Crippen LogP contribution in [0, 0.1) is 6.92 Å². The number of nitrogens with zero attached hydrogens (tertiary/aromatic N) is 2. The monoisotopic (exact) mass is 394 g/mol. The van der Waals surface area contributed by atoms with Gasteiger partial charge < -0.3 is 15.0 Å². The van der Waals surface area contributed by atoms with Gasteiger partial charge in [-0.15, -0.1) is 0 Å². The molecule has 0 aliphatic heterocycles. The van der Waals surface area contributed by atoms with Crippen molar-refractivity contribution in [1.29, 1.82) is 0 Å². The summed E-state index contributed by atoms with van der Waals surface area (Å²) in [7, 11) is -2.16. The second-order valence-corrected chi connectivity index (χ2v) is 7.75. The quantitative estimate of drug-likeness (QED) is 0.557. The van der Waals surface area contributed by atoms with E-state index in [4.69, 9.17) is 0 Å². The Morgan fingerprint density at radius 2 is 1.93 bits per heavy atom. The van der Waals surface area contributed by atoms with Gasteiger partial charge in [-0.3, -0.25) is 4.79 Å². The van der Waals surface area contributed by atoms with E-state index in [1.165, 1.54) is 6.20 Å². The summed E-state index contributed by atoms with van der Waals surface area (Å²) >= 11 is 0. The van der Waals surface area contributed by atoms with E-state index in [0.717, 1.165) is 5.56 Å². The molecular weight excluding hydrogens is 372 g/mol. The van der Waals surface area contributed by atoms with Gasteiger partial charge in [0.05, 0.1) is 0 Å². The molecule has 2 aromatic rings. The van der Waals surface area contributed by atoms with Crippen LogP contribution in [0.15, 0.2) is 41.6 Å². The van der Waals surface area contributed by atoms with Gasteiger partial charge in [-0.2, -0.15) is 0 Å². The van der Waals surface area contributed by atoms with E-state index >= 15 is 0 Å². The van der Waals surface area contributed by atoms with Crippen LogP contribution in [0.3, 0.4) is 0 Å². The predicted octanol–water partition coefficient (Wildman–Crippen LogP) is 0.209. The molecule has 10 heteroatoms. The van der Waals surface area contributed by atoms with Crippen LogP contribution in [-0.2, 0) is 33.1 Å². The van der Waals surface area contributed by atoms with Crippen LogP contribution >= 0.6 is 0 Å². The van der Waals surface area contributed by atoms with Crippen molar-refractivity contribution in [3.8, 4) is 0 Å². The highest BCUT2D eigenvalue weighted by Crippen LogP contribution is 2.07. The first kappa shape index (κ1) is 20.6. The number of nitrogens with one attached hydrogen (secondary N) is 2. The Balaban J connectivity index is 1.87. The Labute approximate surface area is 157 Å². The van der Waals surface area contributed by atoms with E-state index in [9.17, 15) is 23.1 Å². The molecule has 2 rings (SSSR count). The maximum absolute atomic E-state index is 12.1. The lowest BCUT2D eigenvalue weighted by atomic mass is 10.1. The molecule has 3 N–H and O–H groups in total. The third-order valence-corrected chi connectivity index (χ3v) is 5.25. The van der Waals surface area contributed by atoms with E-state index in [1.54, 1.807) is 42.8 Å². The standard InChI is InChI=1S/C17H22N4O5S/c1-12-19-16(11-21(12)2)27(25,26)18-9-8-15(22)20-14(17(23)24)10-13-6-4-3-5-7-13/h3-7,11,14,18H,8-10H2,1-2H3,(H,20,22)(H,23,24)/t14-/m1/s1. The molecule has 1 atom stereocenters. The lowest BCUT2D eigenvalue weighted by molar-refractivity contribution is -0.141. The Hall–Kier alpha value is -2.72. The summed E-state index contributed by atoms with van der Waals surface area (Å²) in [6.45, 7) is 1.51. The van der Waals surface area contributed by atoms with Gasteiger partial charge in [0, 0.05) is 32.6 Å². The fourth-order valence-corrected chi connectivity index (χ4v) is 3.41. The molecule has 0 bridgehead atoms. The van der Waals surface area contributed by atoms with Crippen LogP contribution < -0.4 is 10.0 Å². The van der Waals surface area contributed by atoms with Crippen LogP contribution in [0.5, 0.6) is 0 Å². The number of carboxylic acids is 1. The van der Waals surface area contributed by atoms with Gasteiger partial charge in [-0.1, -0.05) is 30.3 Å². The second kappa shape index (κ2) is 8.78. The largest absolute Gasteiger partial charge is 0.480 e. The average molecular weight is 394 g/mol. The fourth-order valence-electron chi connectivity index (χ4n) is 2.35. The fraction of sp³-hybridized carbons (Fsp3) is 0.353. The number of aromatic nitrogens is 2. The van der Waals surface area contributed by atoms with Crippen molar-refractivity contribution in [2.24, 2.45) is 7.05 Å². The van der Waals surface area contributed by atoms with Gasteiger partial charge in [-0.05, 0) is 12.5 Å². The Morgan fingerprint density at radius 3 is 2.48 bits per heavy atom. The number of carbonyl (C=O) groups excluding carboxylic acids is 1. The minimum absolute atomic E-state index is 0.129. The molecule has 1 amide bonds. The first-order valence-corrected chi connectivity index (χ1v) is 9.73. The number of carboxylic acid groups (broad SMARTS) is 1. The molecule has 0 spiro atoms. The highest BCUT2D eigenvalue weighted by molar-refractivity contribution is 7.89. The normalized spacial score (nSPS) is 12.5. The maximum Gasteiger partial charge on any atom is 0.326 e. The zero-order chi connectivity index (χ0) is 20.0. The van der Waals surface area contributed by atoms with Gasteiger partial charge in [0.15, 0.2) is 5.03 Å². The molecule has 146 valence electrons. The number of hydrogen-bond acceptors (Lipinski definition) is 5. The van der Waals surface area contributed by atoms with Gasteiger partial charge in [0.2, 0.25) is 5.91 Å². The molecule has 0 aliphatic rings. The average Bonchev–Trinajstić information content (AvgIpc) is 2.95. The Kier molecular flexibility index (Phi) is 6.70. The van der Waals surface area contributed by atoms with Crippen LogP contribution in [0.2, 0.25) is 0 Å². The Bertz CT molecular complexity index is 889. The molecule has 0 aliphatic carbocycles. The van der Waals surface area contributed by atoms with Crippen molar-refractivity contribution in [3.63, 3.8) is 0 Å². The summed E-state index contributed by atoms with van der Waals surface area (Å²) in [5.41, 5.74) is 0.774. The first-order chi connectivity index (χ1) is 12.7. The zero-order valence-electron chi connectivity index (χ0n) is 15.0. The molecular formula is C17H22N4O5S. The number of amides is 1. The van der Waals surface area contributed by atoms with Crippen LogP contribution in [0.1, 0.15) is 17.8 Å². The van der Waals surface area contributed by atoms with Crippen molar-refractivity contribution < 1.29 is 23.1 Å². The highest BCUT2D eigenvalue weighted by Gasteiger charge is 2.22. The molecule has 1 aromatic carbocycles. The van der Waals surface area contributed by atoms with Gasteiger partial charge in [0.25, 0.3) is 10.0 Å².